The van der Waals surface area contributed by atoms with E-state index >= 15 is 0 Å². The minimum Gasteiger partial charge on any atom is -0.387 e. The Hall–Kier alpha value is -3.51. The molecule has 0 saturated heterocycles. The molecule has 0 spiro atoms. The van der Waals surface area contributed by atoms with Crippen LogP contribution in [0.1, 0.15) is 63.9 Å². The lowest BCUT2D eigenvalue weighted by atomic mass is 9.99. The molecule has 7 N–H and O–H groups in total. The van der Waals surface area contributed by atoms with E-state index in [9.17, 15) is 24.6 Å². The smallest absolute Gasteiger partial charge is 0.326 e. The first-order valence-corrected chi connectivity index (χ1v) is 13.3. The fraction of sp³-hybridized carbons (Fsp3) is 0.464. The van der Waals surface area contributed by atoms with Gasteiger partial charge in [-0.3, -0.25) is 9.13 Å². The Morgan fingerprint density at radius 2 is 1.36 bits per heavy atom. The van der Waals surface area contributed by atoms with Gasteiger partial charge in [-0.1, -0.05) is 38.1 Å². The van der Waals surface area contributed by atoms with Crippen LogP contribution >= 0.6 is 0 Å². The molecule has 39 heavy (non-hydrogen) atoms. The van der Waals surface area contributed by atoms with E-state index in [1.165, 1.54) is 13.8 Å². The van der Waals surface area contributed by atoms with Gasteiger partial charge in [-0.25, -0.2) is 9.59 Å². The number of hydrogen-bond donors (Lipinski definition) is 6. The summed E-state index contributed by atoms with van der Waals surface area (Å²) in [5.41, 5.74) is 10.4. The highest BCUT2D eigenvalue weighted by Gasteiger charge is 2.28. The number of ketones is 1. The van der Waals surface area contributed by atoms with Crippen molar-refractivity contribution in [2.24, 2.45) is 5.73 Å². The molecule has 4 atom stereocenters. The average molecular weight is 539 g/mol. The number of aliphatic hydroxyl groups is 2. The molecule has 4 aromatic rings. The minimum absolute atomic E-state index is 0.0232. The van der Waals surface area contributed by atoms with E-state index in [-0.39, 0.29) is 29.2 Å². The van der Waals surface area contributed by atoms with Crippen molar-refractivity contribution in [1.29, 1.82) is 0 Å². The Labute approximate surface area is 225 Å². The maximum atomic E-state index is 11.9. The third-order valence-electron chi connectivity index (χ3n) is 6.97. The number of benzene rings is 2. The topological polar surface area (TPSA) is 171 Å². The summed E-state index contributed by atoms with van der Waals surface area (Å²) in [6, 6.07) is 11.1. The van der Waals surface area contributed by atoms with Crippen molar-refractivity contribution < 1.29 is 15.0 Å². The maximum Gasteiger partial charge on any atom is 0.326 e. The normalized spacial score (nSPS) is 21.9. The number of carbonyl (C=O) groups excluding carboxylic acids is 1. The van der Waals surface area contributed by atoms with E-state index in [0.717, 1.165) is 39.6 Å². The minimum atomic E-state index is -0.701. The van der Waals surface area contributed by atoms with Gasteiger partial charge in [0.15, 0.2) is 0 Å². The summed E-state index contributed by atoms with van der Waals surface area (Å²) in [4.78, 5) is 38.7. The van der Waals surface area contributed by atoms with Gasteiger partial charge in [0.05, 0.1) is 34.3 Å². The molecule has 0 fully saturated rings. The van der Waals surface area contributed by atoms with Crippen molar-refractivity contribution >= 4 is 27.9 Å². The van der Waals surface area contributed by atoms with Gasteiger partial charge in [0, 0.05) is 42.3 Å². The molecule has 0 bridgehead atoms. The van der Waals surface area contributed by atoms with Crippen molar-refractivity contribution in [1.82, 2.24) is 24.4 Å². The SMILES string of the molecule is CC(C)=O.CC(C)NC1CCn2c(=O)[nH]c3cccc(c32)C1O.NC1CCn2c(=O)[nH]c3cccc(c32)C1O. The van der Waals surface area contributed by atoms with Crippen LogP contribution in [0.4, 0.5) is 0 Å². The molecule has 4 unspecified atom stereocenters. The number of hydrogen-bond acceptors (Lipinski definition) is 7. The van der Waals surface area contributed by atoms with Crippen molar-refractivity contribution in [3.63, 3.8) is 0 Å². The zero-order valence-electron chi connectivity index (χ0n) is 22.8. The second kappa shape index (κ2) is 11.7. The number of Topliss-reactive ketones (excluding diaryl/α,β-unsaturated/α-hetero) is 1. The highest BCUT2D eigenvalue weighted by atomic mass is 16.3. The van der Waals surface area contributed by atoms with E-state index in [1.807, 2.05) is 36.4 Å². The Bertz CT molecular complexity index is 1570. The molecule has 210 valence electrons. The molecule has 0 saturated carbocycles. The monoisotopic (exact) mass is 538 g/mol. The van der Waals surface area contributed by atoms with Crippen molar-refractivity contribution in [3.05, 3.63) is 68.5 Å². The Morgan fingerprint density at radius 3 is 1.85 bits per heavy atom. The van der Waals surface area contributed by atoms with Crippen LogP contribution in [0.3, 0.4) is 0 Å². The first-order valence-electron chi connectivity index (χ1n) is 13.3. The van der Waals surface area contributed by atoms with Crippen LogP contribution in [-0.4, -0.2) is 53.2 Å². The summed E-state index contributed by atoms with van der Waals surface area (Å²) in [6.07, 6.45) is 0.0477. The molecular formula is C28H38N6O5. The van der Waals surface area contributed by atoms with Gasteiger partial charge in [0.25, 0.3) is 0 Å². The molecular weight excluding hydrogens is 500 g/mol. The van der Waals surface area contributed by atoms with Gasteiger partial charge >= 0.3 is 11.4 Å². The summed E-state index contributed by atoms with van der Waals surface area (Å²) < 4.78 is 3.39. The molecule has 11 nitrogen and oxygen atoms in total. The van der Waals surface area contributed by atoms with E-state index in [0.29, 0.717) is 25.6 Å². The third-order valence-corrected chi connectivity index (χ3v) is 6.97. The third kappa shape index (κ3) is 5.91. The lowest BCUT2D eigenvalue weighted by Crippen LogP contribution is -2.39. The predicted octanol–water partition coefficient (Wildman–Crippen LogP) is 1.82. The van der Waals surface area contributed by atoms with Gasteiger partial charge in [-0.15, -0.1) is 0 Å². The molecule has 2 aliphatic rings. The van der Waals surface area contributed by atoms with E-state index < -0.39 is 12.2 Å². The predicted molar refractivity (Wildman–Crippen MR) is 151 cm³/mol. The van der Waals surface area contributed by atoms with Crippen LogP contribution < -0.4 is 22.4 Å². The number of imidazole rings is 2. The number of para-hydroxylation sites is 2. The fourth-order valence-electron chi connectivity index (χ4n) is 5.31. The van der Waals surface area contributed by atoms with Crippen molar-refractivity contribution in [3.8, 4) is 0 Å². The molecule has 2 aromatic carbocycles. The summed E-state index contributed by atoms with van der Waals surface area (Å²) in [5.74, 6) is 0.167. The number of nitrogens with two attached hydrogens (primary N) is 1. The number of nitrogens with zero attached hydrogens (tertiary/aromatic N) is 2. The second-order valence-corrected chi connectivity index (χ2v) is 10.6. The summed E-state index contributed by atoms with van der Waals surface area (Å²) in [5, 5.41) is 24.0. The summed E-state index contributed by atoms with van der Waals surface area (Å²) in [7, 11) is 0. The summed E-state index contributed by atoms with van der Waals surface area (Å²) >= 11 is 0. The first-order chi connectivity index (χ1) is 18.5. The molecule has 4 heterocycles. The van der Waals surface area contributed by atoms with Gasteiger partial charge in [0.1, 0.15) is 5.78 Å². The molecule has 2 aromatic heterocycles. The van der Waals surface area contributed by atoms with Crippen LogP contribution in [0.5, 0.6) is 0 Å². The molecule has 0 aliphatic carbocycles. The Balaban J connectivity index is 0.000000161. The van der Waals surface area contributed by atoms with Gasteiger partial charge in [0.2, 0.25) is 0 Å². The number of aliphatic hydroxyl groups excluding tert-OH is 2. The number of H-pyrrole nitrogens is 2. The first kappa shape index (κ1) is 28.5. The van der Waals surface area contributed by atoms with Gasteiger partial charge in [-0.05, 0) is 38.8 Å². The fourth-order valence-corrected chi connectivity index (χ4v) is 5.31. The second-order valence-electron chi connectivity index (χ2n) is 10.6. The van der Waals surface area contributed by atoms with Crippen LogP contribution in [0, 0.1) is 0 Å². The zero-order valence-corrected chi connectivity index (χ0v) is 22.8. The van der Waals surface area contributed by atoms with Crippen LogP contribution in [0.2, 0.25) is 0 Å². The Morgan fingerprint density at radius 1 is 0.897 bits per heavy atom. The number of rotatable bonds is 2. The van der Waals surface area contributed by atoms with Crippen molar-refractivity contribution in [2.45, 2.75) is 84.0 Å². The lowest BCUT2D eigenvalue weighted by Gasteiger charge is -2.24. The molecule has 11 heteroatoms. The number of nitrogens with one attached hydrogen (secondary N) is 3. The van der Waals surface area contributed by atoms with Gasteiger partial charge in [-0.2, -0.15) is 0 Å². The van der Waals surface area contributed by atoms with E-state index in [4.69, 9.17) is 5.73 Å². The quantitative estimate of drug-likeness (QED) is 0.226. The number of aromatic amines is 2. The van der Waals surface area contributed by atoms with Crippen molar-refractivity contribution in [2.75, 3.05) is 0 Å². The number of carbonyl (C=O) groups is 1. The standard InChI is InChI=1S/C14H19N3O2.C11H13N3O2.C3H6O/c1-8(2)15-11-6-7-17-12-9(13(11)18)4-3-5-10(12)16-14(17)19;12-7-4-5-14-9-6(10(7)15)2-1-3-8(9)13-11(14)16;1-3(2)4/h3-5,8,11,13,15,18H,6-7H2,1-2H3,(H,16,19);1-3,7,10,15H,4-5,12H2,(H,13,16);1-2H3. The van der Waals surface area contributed by atoms with Gasteiger partial charge < -0.3 is 36.0 Å². The highest BCUT2D eigenvalue weighted by Crippen LogP contribution is 2.30. The largest absolute Gasteiger partial charge is 0.387 e. The Kier molecular flexibility index (Phi) is 8.55. The molecule has 0 radical (unpaired) electrons. The van der Waals surface area contributed by atoms with E-state index in [2.05, 4.69) is 29.1 Å². The lowest BCUT2D eigenvalue weighted by molar-refractivity contribution is -0.115. The average Bonchev–Trinajstić information content (AvgIpc) is 3.28. The zero-order chi connectivity index (χ0) is 28.4. The summed E-state index contributed by atoms with van der Waals surface area (Å²) in [6.45, 7) is 8.35. The van der Waals surface area contributed by atoms with Crippen LogP contribution in [0.15, 0.2) is 46.0 Å². The highest BCUT2D eigenvalue weighted by molar-refractivity contribution is 5.80. The molecule has 6 rings (SSSR count). The molecule has 0 amide bonds. The van der Waals surface area contributed by atoms with Crippen LogP contribution in [0.25, 0.3) is 22.1 Å². The maximum absolute atomic E-state index is 11.9. The molecule has 2 aliphatic heterocycles. The number of aryl methyl sites for hydroxylation is 2. The number of aromatic nitrogens is 4. The van der Waals surface area contributed by atoms with E-state index in [1.54, 1.807) is 9.13 Å². The van der Waals surface area contributed by atoms with Crippen LogP contribution in [-0.2, 0) is 17.9 Å².